The zero-order chi connectivity index (χ0) is 7.33. The minimum Gasteiger partial charge on any atom is -0.396 e. The Morgan fingerprint density at radius 1 is 1.22 bits per heavy atom. The second kappa shape index (κ2) is 3.82. The largest absolute Gasteiger partial charge is 0.396 e. The van der Waals surface area contributed by atoms with E-state index in [4.69, 9.17) is 15.9 Å². The van der Waals surface area contributed by atoms with E-state index in [9.17, 15) is 0 Å². The molecule has 1 radical (unpaired) electrons. The van der Waals surface area contributed by atoms with Gasteiger partial charge in [-0.3, -0.25) is 0 Å². The summed E-state index contributed by atoms with van der Waals surface area (Å²) in [6, 6.07) is 0. The smallest absolute Gasteiger partial charge is 0.0448 e. The van der Waals surface area contributed by atoms with Crippen molar-refractivity contribution < 1.29 is 10.2 Å². The summed E-state index contributed by atoms with van der Waals surface area (Å²) in [5.74, 6) is 0. The van der Waals surface area contributed by atoms with E-state index < -0.39 is 5.54 Å². The molecule has 0 aliphatic heterocycles. The molecule has 0 aliphatic carbocycles. The average molecular weight is 132 g/mol. The Kier molecular flexibility index (Phi) is 3.77. The summed E-state index contributed by atoms with van der Waals surface area (Å²) in [5.41, 5.74) is 4.86. The predicted molar refractivity (Wildman–Crippen MR) is 35.7 cm³/mol. The highest BCUT2D eigenvalue weighted by Crippen LogP contribution is 2.07. The van der Waals surface area contributed by atoms with Crippen LogP contribution in [0.3, 0.4) is 0 Å². The van der Waals surface area contributed by atoms with Gasteiger partial charge in [-0.1, -0.05) is 0 Å². The first kappa shape index (κ1) is 8.88. The highest BCUT2D eigenvalue weighted by atomic mass is 16.3. The van der Waals surface area contributed by atoms with Crippen molar-refractivity contribution in [2.24, 2.45) is 5.73 Å². The first-order valence-corrected chi connectivity index (χ1v) is 2.98. The normalized spacial score (nSPS) is 12.0. The molecule has 0 amide bonds. The van der Waals surface area contributed by atoms with Gasteiger partial charge in [0.1, 0.15) is 0 Å². The third kappa shape index (κ3) is 4.39. The lowest BCUT2D eigenvalue weighted by atomic mass is 9.96. The molecule has 0 aromatic heterocycles. The molecule has 0 rings (SSSR count). The van der Waals surface area contributed by atoms with Gasteiger partial charge in [0.25, 0.3) is 0 Å². The molecule has 0 saturated carbocycles. The van der Waals surface area contributed by atoms with Crippen molar-refractivity contribution in [2.45, 2.75) is 18.4 Å². The number of aliphatic hydroxyl groups excluding tert-OH is 2. The molecule has 0 saturated heterocycles. The van der Waals surface area contributed by atoms with Crippen molar-refractivity contribution in [2.75, 3.05) is 13.2 Å². The van der Waals surface area contributed by atoms with Crippen molar-refractivity contribution in [1.82, 2.24) is 0 Å². The number of aliphatic hydroxyl groups is 2. The predicted octanol–water partition coefficient (Wildman–Crippen LogP) is -0.717. The van der Waals surface area contributed by atoms with Crippen LogP contribution in [-0.4, -0.2) is 29.0 Å². The van der Waals surface area contributed by atoms with Crippen molar-refractivity contribution in [3.8, 4) is 0 Å². The Balaban J connectivity index is 3.43. The minimum absolute atomic E-state index is 0.0278. The van der Waals surface area contributed by atoms with Crippen molar-refractivity contribution in [3.63, 3.8) is 0 Å². The Morgan fingerprint density at radius 2 is 1.56 bits per heavy atom. The molecule has 0 aromatic carbocycles. The number of hydrogen-bond donors (Lipinski definition) is 3. The highest BCUT2D eigenvalue weighted by Gasteiger charge is 2.15. The standard InChI is InChI=1S/C6H14NO2/c1-6(7,2-4-8)3-5-9/h8-9H,1-5,7H2. The van der Waals surface area contributed by atoms with E-state index in [-0.39, 0.29) is 13.2 Å². The SMILES string of the molecule is [CH2]C(N)(CCO)CCO. The van der Waals surface area contributed by atoms with Gasteiger partial charge < -0.3 is 15.9 Å². The van der Waals surface area contributed by atoms with Gasteiger partial charge in [-0.25, -0.2) is 0 Å². The van der Waals surface area contributed by atoms with Crippen LogP contribution in [0.1, 0.15) is 12.8 Å². The molecule has 0 spiro atoms. The lowest BCUT2D eigenvalue weighted by molar-refractivity contribution is 0.215. The lowest BCUT2D eigenvalue weighted by Crippen LogP contribution is -2.38. The van der Waals surface area contributed by atoms with Crippen LogP contribution in [0.4, 0.5) is 0 Å². The third-order valence-electron chi connectivity index (χ3n) is 1.22. The van der Waals surface area contributed by atoms with Gasteiger partial charge in [-0.2, -0.15) is 0 Å². The summed E-state index contributed by atoms with van der Waals surface area (Å²) < 4.78 is 0. The molecular formula is C6H14NO2. The molecule has 0 heterocycles. The fourth-order valence-electron chi connectivity index (χ4n) is 0.570. The molecule has 0 atom stereocenters. The van der Waals surface area contributed by atoms with Gasteiger partial charge in [-0.15, -0.1) is 0 Å². The number of nitrogens with two attached hydrogens (primary N) is 1. The molecule has 0 unspecified atom stereocenters. The first-order chi connectivity index (χ1) is 4.12. The summed E-state index contributed by atoms with van der Waals surface area (Å²) in [6.45, 7) is 3.66. The molecule has 0 bridgehead atoms. The average Bonchev–Trinajstić information content (AvgIpc) is 1.64. The molecule has 0 aromatic rings. The van der Waals surface area contributed by atoms with Crippen LogP contribution in [0, 0.1) is 6.92 Å². The van der Waals surface area contributed by atoms with E-state index in [1.54, 1.807) is 0 Å². The summed E-state index contributed by atoms with van der Waals surface area (Å²) in [4.78, 5) is 0. The zero-order valence-corrected chi connectivity index (χ0v) is 5.51. The zero-order valence-electron chi connectivity index (χ0n) is 5.51. The summed E-state index contributed by atoms with van der Waals surface area (Å²) in [5, 5.41) is 16.9. The molecule has 3 nitrogen and oxygen atoms in total. The molecule has 3 heteroatoms. The van der Waals surface area contributed by atoms with Crippen LogP contribution < -0.4 is 5.73 Å². The minimum atomic E-state index is -0.649. The molecular weight excluding hydrogens is 118 g/mol. The molecule has 9 heavy (non-hydrogen) atoms. The maximum atomic E-state index is 8.43. The van der Waals surface area contributed by atoms with Crippen molar-refractivity contribution in [1.29, 1.82) is 0 Å². The van der Waals surface area contributed by atoms with Gasteiger partial charge in [0.05, 0.1) is 0 Å². The van der Waals surface area contributed by atoms with E-state index in [0.29, 0.717) is 12.8 Å². The van der Waals surface area contributed by atoms with Crippen LogP contribution in [0.15, 0.2) is 0 Å². The topological polar surface area (TPSA) is 66.5 Å². The maximum absolute atomic E-state index is 8.43. The second-order valence-electron chi connectivity index (χ2n) is 2.31. The van der Waals surface area contributed by atoms with E-state index in [0.717, 1.165) is 0 Å². The fraction of sp³-hybridized carbons (Fsp3) is 0.833. The van der Waals surface area contributed by atoms with Crippen LogP contribution in [-0.2, 0) is 0 Å². The molecule has 0 fully saturated rings. The molecule has 0 aliphatic rings. The highest BCUT2D eigenvalue weighted by molar-refractivity contribution is 4.85. The monoisotopic (exact) mass is 132 g/mol. The Bertz CT molecular complexity index is 65.5. The molecule has 4 N–H and O–H groups in total. The Morgan fingerprint density at radius 3 is 1.78 bits per heavy atom. The van der Waals surface area contributed by atoms with E-state index in [2.05, 4.69) is 6.92 Å². The Labute approximate surface area is 55.5 Å². The third-order valence-corrected chi connectivity index (χ3v) is 1.22. The lowest BCUT2D eigenvalue weighted by Gasteiger charge is -2.21. The molecule has 55 valence electrons. The van der Waals surface area contributed by atoms with Gasteiger partial charge in [0.15, 0.2) is 0 Å². The number of rotatable bonds is 4. The Hall–Kier alpha value is -0.120. The van der Waals surface area contributed by atoms with Crippen LogP contribution >= 0.6 is 0 Å². The van der Waals surface area contributed by atoms with E-state index in [1.807, 2.05) is 0 Å². The maximum Gasteiger partial charge on any atom is 0.0448 e. The van der Waals surface area contributed by atoms with Gasteiger partial charge in [0, 0.05) is 18.8 Å². The van der Waals surface area contributed by atoms with Gasteiger partial charge in [0.2, 0.25) is 0 Å². The van der Waals surface area contributed by atoms with E-state index >= 15 is 0 Å². The quantitative estimate of drug-likeness (QED) is 0.473. The van der Waals surface area contributed by atoms with Crippen LogP contribution in [0.25, 0.3) is 0 Å². The number of hydrogen-bond acceptors (Lipinski definition) is 3. The summed E-state index contributed by atoms with van der Waals surface area (Å²) >= 11 is 0. The summed E-state index contributed by atoms with van der Waals surface area (Å²) in [6.07, 6.45) is 0.876. The first-order valence-electron chi connectivity index (χ1n) is 2.98. The van der Waals surface area contributed by atoms with Crippen molar-refractivity contribution in [3.05, 3.63) is 6.92 Å². The van der Waals surface area contributed by atoms with Crippen LogP contribution in [0.5, 0.6) is 0 Å². The second-order valence-corrected chi connectivity index (χ2v) is 2.31. The van der Waals surface area contributed by atoms with Crippen molar-refractivity contribution >= 4 is 0 Å². The van der Waals surface area contributed by atoms with Gasteiger partial charge in [-0.05, 0) is 19.8 Å². The van der Waals surface area contributed by atoms with Gasteiger partial charge >= 0.3 is 0 Å². The van der Waals surface area contributed by atoms with Crippen LogP contribution in [0.2, 0.25) is 0 Å². The summed E-state index contributed by atoms with van der Waals surface area (Å²) in [7, 11) is 0. The fourth-order valence-corrected chi connectivity index (χ4v) is 0.570. The van der Waals surface area contributed by atoms with E-state index in [1.165, 1.54) is 0 Å².